The lowest BCUT2D eigenvalue weighted by Crippen LogP contribution is -2.26. The van der Waals surface area contributed by atoms with Crippen molar-refractivity contribution in [2.45, 2.75) is 32.1 Å². The Kier molecular flexibility index (Phi) is 3.23. The minimum atomic E-state index is 0.627. The van der Waals surface area contributed by atoms with Crippen LogP contribution in [-0.4, -0.2) is 23.3 Å². The fraction of sp³-hybridized carbons (Fsp3) is 0.700. The molecule has 3 nitrogen and oxygen atoms in total. The molecule has 0 saturated carbocycles. The van der Waals surface area contributed by atoms with Crippen molar-refractivity contribution in [3.63, 3.8) is 0 Å². The fourth-order valence-electron chi connectivity index (χ4n) is 1.98. The van der Waals surface area contributed by atoms with Crippen LogP contribution in [0, 0.1) is 0 Å². The van der Waals surface area contributed by atoms with Gasteiger partial charge in [-0.15, -0.1) is 0 Å². The minimum absolute atomic E-state index is 0.627. The summed E-state index contributed by atoms with van der Waals surface area (Å²) in [4.78, 5) is 0. The van der Waals surface area contributed by atoms with E-state index in [0.29, 0.717) is 5.92 Å². The number of aromatic nitrogens is 2. The van der Waals surface area contributed by atoms with Gasteiger partial charge in [0.2, 0.25) is 0 Å². The van der Waals surface area contributed by atoms with Gasteiger partial charge in [-0.1, -0.05) is 6.92 Å². The fourth-order valence-corrected chi connectivity index (χ4v) is 2.76. The van der Waals surface area contributed by atoms with Gasteiger partial charge in [0, 0.05) is 11.6 Å². The standard InChI is InChI=1S/C10H16BrN3/c1-2-8-9(11)10(14-13-8)7-3-5-12-6-4-7/h7,12H,2-6H2,1H3,(H,13,14). The molecule has 2 N–H and O–H groups in total. The maximum Gasteiger partial charge on any atom is 0.0798 e. The van der Waals surface area contributed by atoms with E-state index < -0.39 is 0 Å². The highest BCUT2D eigenvalue weighted by atomic mass is 79.9. The molecule has 14 heavy (non-hydrogen) atoms. The molecule has 2 rings (SSSR count). The zero-order chi connectivity index (χ0) is 9.97. The molecule has 0 radical (unpaired) electrons. The van der Waals surface area contributed by atoms with E-state index in [0.717, 1.165) is 19.5 Å². The Hall–Kier alpha value is -0.350. The van der Waals surface area contributed by atoms with Crippen LogP contribution in [0.1, 0.15) is 37.1 Å². The molecular weight excluding hydrogens is 242 g/mol. The Morgan fingerprint density at radius 3 is 2.71 bits per heavy atom. The molecule has 1 fully saturated rings. The molecule has 0 unspecified atom stereocenters. The third-order valence-electron chi connectivity index (χ3n) is 2.88. The van der Waals surface area contributed by atoms with Crippen LogP contribution < -0.4 is 5.32 Å². The number of rotatable bonds is 2. The molecule has 0 amide bonds. The molecule has 0 bridgehead atoms. The van der Waals surface area contributed by atoms with Crippen molar-refractivity contribution in [1.29, 1.82) is 0 Å². The molecule has 2 heterocycles. The summed E-state index contributed by atoms with van der Waals surface area (Å²) in [6, 6.07) is 0. The number of nitrogens with zero attached hydrogens (tertiary/aromatic N) is 1. The molecular formula is C10H16BrN3. The van der Waals surface area contributed by atoms with E-state index in [2.05, 4.69) is 38.4 Å². The van der Waals surface area contributed by atoms with Gasteiger partial charge in [0.1, 0.15) is 0 Å². The molecule has 78 valence electrons. The van der Waals surface area contributed by atoms with E-state index in [1.54, 1.807) is 0 Å². The summed E-state index contributed by atoms with van der Waals surface area (Å²) in [5.74, 6) is 0.627. The lowest BCUT2D eigenvalue weighted by molar-refractivity contribution is 0.452. The van der Waals surface area contributed by atoms with E-state index in [9.17, 15) is 0 Å². The molecule has 1 saturated heterocycles. The topological polar surface area (TPSA) is 40.7 Å². The number of aryl methyl sites for hydroxylation is 1. The maximum atomic E-state index is 4.41. The van der Waals surface area contributed by atoms with Crippen molar-refractivity contribution >= 4 is 15.9 Å². The van der Waals surface area contributed by atoms with E-state index in [1.807, 2.05) is 0 Å². The number of piperidine rings is 1. The van der Waals surface area contributed by atoms with Gasteiger partial charge in [-0.3, -0.25) is 5.10 Å². The monoisotopic (exact) mass is 257 g/mol. The molecule has 1 aliphatic rings. The minimum Gasteiger partial charge on any atom is -0.317 e. The van der Waals surface area contributed by atoms with E-state index in [1.165, 1.54) is 28.7 Å². The predicted octanol–water partition coefficient (Wildman–Crippen LogP) is 2.20. The maximum absolute atomic E-state index is 4.41. The van der Waals surface area contributed by atoms with Gasteiger partial charge in [-0.2, -0.15) is 5.10 Å². The van der Waals surface area contributed by atoms with Gasteiger partial charge in [-0.05, 0) is 48.3 Å². The molecule has 0 aromatic carbocycles. The van der Waals surface area contributed by atoms with Crippen molar-refractivity contribution in [3.05, 3.63) is 15.9 Å². The largest absolute Gasteiger partial charge is 0.317 e. The summed E-state index contributed by atoms with van der Waals surface area (Å²) in [6.45, 7) is 4.38. The molecule has 0 aliphatic carbocycles. The number of halogens is 1. The molecule has 1 aliphatic heterocycles. The van der Waals surface area contributed by atoms with Crippen LogP contribution in [-0.2, 0) is 6.42 Å². The SMILES string of the molecule is CCc1[nH]nc(C2CCNCC2)c1Br. The number of hydrogen-bond donors (Lipinski definition) is 2. The van der Waals surface area contributed by atoms with E-state index >= 15 is 0 Å². The third kappa shape index (κ3) is 1.86. The predicted molar refractivity (Wildman–Crippen MR) is 60.5 cm³/mol. The summed E-state index contributed by atoms with van der Waals surface area (Å²) >= 11 is 3.63. The van der Waals surface area contributed by atoms with Gasteiger partial charge in [0.15, 0.2) is 0 Å². The summed E-state index contributed by atoms with van der Waals surface area (Å²) in [5.41, 5.74) is 2.45. The molecule has 0 atom stereocenters. The Bertz CT molecular complexity index is 302. The first-order valence-corrected chi connectivity index (χ1v) is 6.05. The van der Waals surface area contributed by atoms with Crippen LogP contribution in [0.5, 0.6) is 0 Å². The second kappa shape index (κ2) is 4.45. The number of H-pyrrole nitrogens is 1. The van der Waals surface area contributed by atoms with Gasteiger partial charge in [-0.25, -0.2) is 0 Å². The van der Waals surface area contributed by atoms with Crippen molar-refractivity contribution in [2.75, 3.05) is 13.1 Å². The van der Waals surface area contributed by atoms with Gasteiger partial charge >= 0.3 is 0 Å². The Labute approximate surface area is 92.8 Å². The van der Waals surface area contributed by atoms with Crippen LogP contribution in [0.3, 0.4) is 0 Å². The van der Waals surface area contributed by atoms with Crippen LogP contribution in [0.25, 0.3) is 0 Å². The van der Waals surface area contributed by atoms with Crippen LogP contribution in [0.15, 0.2) is 4.47 Å². The Morgan fingerprint density at radius 2 is 2.14 bits per heavy atom. The average molecular weight is 258 g/mol. The van der Waals surface area contributed by atoms with Crippen molar-refractivity contribution in [2.24, 2.45) is 0 Å². The average Bonchev–Trinajstić information content (AvgIpc) is 2.61. The zero-order valence-electron chi connectivity index (χ0n) is 8.44. The van der Waals surface area contributed by atoms with E-state index in [4.69, 9.17) is 0 Å². The highest BCUT2D eigenvalue weighted by Gasteiger charge is 2.21. The second-order valence-corrected chi connectivity index (χ2v) is 4.57. The summed E-state index contributed by atoms with van der Waals surface area (Å²) in [7, 11) is 0. The number of nitrogens with one attached hydrogen (secondary N) is 2. The van der Waals surface area contributed by atoms with Crippen molar-refractivity contribution in [3.8, 4) is 0 Å². The molecule has 4 heteroatoms. The highest BCUT2D eigenvalue weighted by Crippen LogP contribution is 2.31. The lowest BCUT2D eigenvalue weighted by Gasteiger charge is -2.21. The first kappa shape index (κ1) is 10.2. The first-order valence-electron chi connectivity index (χ1n) is 5.26. The Morgan fingerprint density at radius 1 is 1.43 bits per heavy atom. The molecule has 0 spiro atoms. The zero-order valence-corrected chi connectivity index (χ0v) is 10.0. The normalized spacial score (nSPS) is 18.7. The van der Waals surface area contributed by atoms with Gasteiger partial charge < -0.3 is 5.32 Å². The molecule has 1 aromatic rings. The third-order valence-corrected chi connectivity index (χ3v) is 3.77. The Balaban J connectivity index is 2.18. The van der Waals surface area contributed by atoms with Crippen LogP contribution >= 0.6 is 15.9 Å². The van der Waals surface area contributed by atoms with Crippen LogP contribution in [0.2, 0.25) is 0 Å². The van der Waals surface area contributed by atoms with Crippen LogP contribution in [0.4, 0.5) is 0 Å². The number of aromatic amines is 1. The second-order valence-electron chi connectivity index (χ2n) is 3.78. The quantitative estimate of drug-likeness (QED) is 0.853. The van der Waals surface area contributed by atoms with Crippen molar-refractivity contribution < 1.29 is 0 Å². The first-order chi connectivity index (χ1) is 6.83. The lowest BCUT2D eigenvalue weighted by atomic mass is 9.94. The summed E-state index contributed by atoms with van der Waals surface area (Å²) in [5, 5.41) is 10.9. The van der Waals surface area contributed by atoms with Gasteiger partial charge in [0.05, 0.1) is 10.2 Å². The molecule has 1 aromatic heterocycles. The van der Waals surface area contributed by atoms with E-state index in [-0.39, 0.29) is 0 Å². The van der Waals surface area contributed by atoms with Crippen molar-refractivity contribution in [1.82, 2.24) is 15.5 Å². The highest BCUT2D eigenvalue weighted by molar-refractivity contribution is 9.10. The smallest absolute Gasteiger partial charge is 0.0798 e. The summed E-state index contributed by atoms with van der Waals surface area (Å²) < 4.78 is 1.20. The number of hydrogen-bond acceptors (Lipinski definition) is 2. The van der Waals surface area contributed by atoms with Gasteiger partial charge in [0.25, 0.3) is 0 Å². The summed E-state index contributed by atoms with van der Waals surface area (Å²) in [6.07, 6.45) is 3.41.